The average Bonchev–Trinajstić information content (AvgIpc) is 1.54. The zero-order valence-corrected chi connectivity index (χ0v) is 56.5. The number of carbonyl (C=O) groups is 7. The van der Waals surface area contributed by atoms with E-state index in [-0.39, 0.29) is 88.1 Å². The molecule has 4 saturated carbocycles. The number of fused-ring (bicyclic) bond motifs is 7. The smallest absolute Gasteiger partial charge is 0.328 e. The Balaban J connectivity index is 0.000000201. The SMILES string of the molecule is CC(C)C(=O)OCC(=O)[C@@]12O[C@H](C3CCCCC3)O[C@@H]1C[C@H]1[C@@H]3CCC4=CC(=O)C=C[C@]4(C)[C@H]3[C@@H](O)C[C@@]12C.COc1ccc(C[C@@H](C)NC[C@H](O)c2ccc(O)c(NC=O)c2)cc1.COc1ccc(C[C@@H](C)NC[C@H](O)c2ccc(O)c(NC=O)c2)cc1.O=C(O)/C=C/C(=O)O. The lowest BCUT2D eigenvalue weighted by atomic mass is 9.46. The van der Waals surface area contributed by atoms with Gasteiger partial charge in [-0.15, -0.1) is 0 Å². The molecule has 0 aromatic heterocycles. The molecule has 1 heterocycles. The van der Waals surface area contributed by atoms with Gasteiger partial charge in [0.05, 0.1) is 55.9 Å². The molecule has 13 atom stereocenters. The number of carboxylic acids is 2. The van der Waals surface area contributed by atoms with Crippen LogP contribution < -0.4 is 30.7 Å². The number of aromatic hydroxyl groups is 2. The summed E-state index contributed by atoms with van der Waals surface area (Å²) in [5.74, 6) is -1.41. The quantitative estimate of drug-likeness (QED) is 0.0128. The lowest BCUT2D eigenvalue weighted by molar-refractivity contribution is -0.210. The molecule has 5 aliphatic carbocycles. The van der Waals surface area contributed by atoms with Crippen LogP contribution in [0.25, 0.3) is 0 Å². The van der Waals surface area contributed by atoms with Crippen LogP contribution in [0.3, 0.4) is 0 Å². The summed E-state index contributed by atoms with van der Waals surface area (Å²) in [4.78, 5) is 78.9. The summed E-state index contributed by atoms with van der Waals surface area (Å²) in [6.45, 7) is 12.3. The van der Waals surface area contributed by atoms with Crippen molar-refractivity contribution >= 4 is 53.7 Å². The van der Waals surface area contributed by atoms with Crippen LogP contribution in [-0.4, -0.2) is 148 Å². The van der Waals surface area contributed by atoms with Crippen molar-refractivity contribution < 1.29 is 93.0 Å². The number of hydrogen-bond donors (Lipinski definition) is 11. The normalized spacial score (nSPS) is 25.7. The van der Waals surface area contributed by atoms with Crippen LogP contribution >= 0.6 is 0 Å². The number of Topliss-reactive ketones (excluding diaryl/α,β-unsaturated/α-hetero) is 1. The second kappa shape index (κ2) is 34.8. The van der Waals surface area contributed by atoms with Gasteiger partial charge in [0.15, 0.2) is 24.3 Å². The summed E-state index contributed by atoms with van der Waals surface area (Å²) in [6, 6.07) is 25.4. The monoisotopic (exact) mass is 1340 g/mol. The van der Waals surface area contributed by atoms with Crippen LogP contribution in [0.5, 0.6) is 23.0 Å². The molecule has 23 heteroatoms. The van der Waals surface area contributed by atoms with E-state index in [4.69, 9.17) is 33.9 Å². The largest absolute Gasteiger partial charge is 0.506 e. The minimum absolute atomic E-state index is 0.0162. The molecule has 97 heavy (non-hydrogen) atoms. The zero-order valence-electron chi connectivity index (χ0n) is 56.5. The molecule has 0 spiro atoms. The number of phenols is 2. The second-order valence-corrected chi connectivity index (χ2v) is 26.7. The van der Waals surface area contributed by atoms with Crippen molar-refractivity contribution in [3.8, 4) is 23.0 Å². The standard InChI is InChI=1S/C32H44O7.2C19H24N2O4.C4H4O4/c1-18(2)28(36)37-17-25(35)32-26(38-29(39-32)19-8-6-5-7-9-19)15-23-22-11-10-20-14-21(33)12-13-30(20,3)27(22)24(34)16-31(23,32)4;2*1-13(9-14-3-6-16(25-2)7-4-14)20-11-19(24)15-5-8-18(23)17(10-15)21-12-22;5-3(6)1-2-4(7)8/h12-14,18-19,22-24,26-27,29,34H,5-11,15-17H2,1-4H3;2*3-8,10,12-13,19-20,23-24H,9,11H2,1-2H3,(H,21,22);1-2H,(H,5,6)(H,7,8)/b;;;2-1+/t22-,23-,24-,26+,27+,29+,30-,31-,32+;2*13-,19+;/m011./s1. The lowest BCUT2D eigenvalue weighted by Gasteiger charge is -2.59. The molecule has 10 rings (SSSR count). The molecule has 4 aromatic rings. The molecule has 2 amide bonds. The third-order valence-corrected chi connectivity index (χ3v) is 19.9. The first-order valence-corrected chi connectivity index (χ1v) is 33.1. The molecular formula is C74H96N4O19. The highest BCUT2D eigenvalue weighted by Crippen LogP contribution is 2.70. The fourth-order valence-corrected chi connectivity index (χ4v) is 14.9. The summed E-state index contributed by atoms with van der Waals surface area (Å²) in [5.41, 5.74) is 2.95. The number of phenolic OH excluding ortho intramolecular Hbond substituents is 2. The van der Waals surface area contributed by atoms with Gasteiger partial charge in [0.25, 0.3) is 0 Å². The van der Waals surface area contributed by atoms with Crippen molar-refractivity contribution in [3.05, 3.63) is 143 Å². The number of esters is 1. The molecule has 6 aliphatic rings. The predicted molar refractivity (Wildman–Crippen MR) is 361 cm³/mol. The fraction of sp³-hybridized carbons (Fsp3) is 0.500. The van der Waals surface area contributed by atoms with Gasteiger partial charge in [-0.25, -0.2) is 9.59 Å². The van der Waals surface area contributed by atoms with Crippen molar-refractivity contribution in [3.63, 3.8) is 0 Å². The Morgan fingerprint density at radius 2 is 1.22 bits per heavy atom. The summed E-state index contributed by atoms with van der Waals surface area (Å²) in [6.07, 6.45) is 14.4. The first kappa shape index (κ1) is 76.1. The van der Waals surface area contributed by atoms with E-state index in [1.165, 1.54) is 29.7 Å². The number of aliphatic hydroxyl groups excluding tert-OH is 3. The molecule has 0 radical (unpaired) electrons. The van der Waals surface area contributed by atoms with E-state index in [1.54, 1.807) is 64.5 Å². The lowest BCUT2D eigenvalue weighted by Crippen LogP contribution is -2.63. The Kier molecular flexibility index (Phi) is 27.3. The molecular weight excluding hydrogens is 1250 g/mol. The Hall–Kier alpha value is -8.29. The number of carbonyl (C=O) groups excluding carboxylic acids is 5. The van der Waals surface area contributed by atoms with Crippen LogP contribution in [0.4, 0.5) is 11.4 Å². The predicted octanol–water partition coefficient (Wildman–Crippen LogP) is 8.86. The summed E-state index contributed by atoms with van der Waals surface area (Å²) in [5, 5.41) is 78.8. The van der Waals surface area contributed by atoms with E-state index in [9.17, 15) is 59.1 Å². The highest BCUT2D eigenvalue weighted by Gasteiger charge is 2.76. The number of benzene rings is 4. The molecule has 1 saturated heterocycles. The first-order chi connectivity index (χ1) is 46.2. The Morgan fingerprint density at radius 1 is 0.711 bits per heavy atom. The van der Waals surface area contributed by atoms with Crippen LogP contribution in [0.15, 0.2) is 121 Å². The van der Waals surface area contributed by atoms with Crippen LogP contribution in [0, 0.1) is 40.4 Å². The van der Waals surface area contributed by atoms with Gasteiger partial charge in [0.2, 0.25) is 18.6 Å². The Morgan fingerprint density at radius 3 is 1.68 bits per heavy atom. The summed E-state index contributed by atoms with van der Waals surface area (Å²) in [7, 11) is 3.28. The molecule has 11 N–H and O–H groups in total. The molecule has 4 aromatic carbocycles. The number of aliphatic hydroxyl groups is 3. The van der Waals surface area contributed by atoms with Gasteiger partial charge in [-0.3, -0.25) is 24.0 Å². The topological polar surface area (TPSA) is 355 Å². The number of methoxy groups -OCH3 is 2. The van der Waals surface area contributed by atoms with Crippen LogP contribution in [-0.2, 0) is 60.6 Å². The summed E-state index contributed by atoms with van der Waals surface area (Å²) >= 11 is 0. The fourth-order valence-electron chi connectivity index (χ4n) is 14.9. The molecule has 526 valence electrons. The number of aliphatic carboxylic acids is 2. The van der Waals surface area contributed by atoms with E-state index in [0.717, 1.165) is 68.4 Å². The number of hydrogen-bond acceptors (Lipinski definition) is 19. The number of allylic oxidation sites excluding steroid dienone is 4. The van der Waals surface area contributed by atoms with Gasteiger partial charge in [0.1, 0.15) is 23.0 Å². The van der Waals surface area contributed by atoms with Crippen LogP contribution in [0.2, 0.25) is 0 Å². The number of nitrogens with one attached hydrogen (secondary N) is 4. The minimum Gasteiger partial charge on any atom is -0.506 e. The van der Waals surface area contributed by atoms with Crippen molar-refractivity contribution in [1.82, 2.24) is 10.6 Å². The second-order valence-electron chi connectivity index (χ2n) is 26.7. The highest BCUT2D eigenvalue weighted by molar-refractivity contribution is 6.01. The van der Waals surface area contributed by atoms with Gasteiger partial charge in [-0.2, -0.15) is 0 Å². The van der Waals surface area contributed by atoms with Gasteiger partial charge >= 0.3 is 17.9 Å². The third kappa shape index (κ3) is 19.1. The molecule has 5 fully saturated rings. The number of ketones is 2. The summed E-state index contributed by atoms with van der Waals surface area (Å²) < 4.78 is 29.3. The van der Waals surface area contributed by atoms with Gasteiger partial charge in [-0.1, -0.05) is 95.0 Å². The van der Waals surface area contributed by atoms with Crippen LogP contribution in [0.1, 0.15) is 134 Å². The van der Waals surface area contributed by atoms with Gasteiger partial charge in [-0.05, 0) is 160 Å². The van der Waals surface area contributed by atoms with Crippen molar-refractivity contribution in [2.24, 2.45) is 40.4 Å². The average molecular weight is 1350 g/mol. The maximum atomic E-state index is 14.2. The highest BCUT2D eigenvalue weighted by atomic mass is 16.7. The third-order valence-electron chi connectivity index (χ3n) is 19.9. The number of carboxylic acid groups (broad SMARTS) is 2. The number of anilines is 2. The number of ether oxygens (including phenoxy) is 5. The maximum Gasteiger partial charge on any atom is 0.328 e. The number of amides is 2. The van der Waals surface area contributed by atoms with E-state index >= 15 is 0 Å². The maximum absolute atomic E-state index is 14.2. The van der Waals surface area contributed by atoms with Crippen molar-refractivity contribution in [1.29, 1.82) is 0 Å². The van der Waals surface area contributed by atoms with Gasteiger partial charge < -0.3 is 80.7 Å². The van der Waals surface area contributed by atoms with E-state index in [1.807, 2.05) is 68.5 Å². The number of rotatable bonds is 25. The Labute approximate surface area is 566 Å². The minimum atomic E-state index is -1.26. The molecule has 1 aliphatic heterocycles. The van der Waals surface area contributed by atoms with E-state index in [0.29, 0.717) is 62.0 Å². The molecule has 0 bridgehead atoms. The van der Waals surface area contributed by atoms with Crippen molar-refractivity contribution in [2.75, 3.05) is 44.5 Å². The van der Waals surface area contributed by atoms with E-state index < -0.39 is 59.6 Å². The Bertz CT molecular complexity index is 3300. The van der Waals surface area contributed by atoms with E-state index in [2.05, 4.69) is 35.1 Å². The van der Waals surface area contributed by atoms with Crippen molar-refractivity contribution in [2.45, 2.75) is 161 Å². The first-order valence-electron chi connectivity index (χ1n) is 33.1. The van der Waals surface area contributed by atoms with Gasteiger partial charge in [0, 0.05) is 60.0 Å². The molecule has 23 nitrogen and oxygen atoms in total. The molecule has 0 unspecified atom stereocenters. The zero-order chi connectivity index (χ0) is 70.8.